The Morgan fingerprint density at radius 1 is 1.33 bits per heavy atom. The van der Waals surface area contributed by atoms with Crippen molar-refractivity contribution in [2.75, 3.05) is 26.2 Å². The first-order valence-corrected chi connectivity index (χ1v) is 6.91. The number of rotatable bonds is 5. The lowest BCUT2D eigenvalue weighted by Gasteiger charge is -2.35. The van der Waals surface area contributed by atoms with Crippen LogP contribution < -0.4 is 5.32 Å². The molecule has 1 aliphatic rings. The second-order valence-electron chi connectivity index (χ2n) is 4.91. The molecular weight excluding hydrogens is 305 g/mol. The summed E-state index contributed by atoms with van der Waals surface area (Å²) >= 11 is 0. The Labute approximate surface area is 139 Å². The van der Waals surface area contributed by atoms with Crippen molar-refractivity contribution in [1.82, 2.24) is 10.2 Å². The van der Waals surface area contributed by atoms with Gasteiger partial charge in [0.25, 0.3) is 0 Å². The van der Waals surface area contributed by atoms with Crippen LogP contribution in [-0.4, -0.2) is 31.1 Å². The van der Waals surface area contributed by atoms with Gasteiger partial charge in [-0.15, -0.1) is 31.4 Å². The van der Waals surface area contributed by atoms with Crippen LogP contribution in [0.2, 0.25) is 0 Å². The number of hydrogen-bond acceptors (Lipinski definition) is 3. The Bertz CT molecular complexity index is 465. The molecule has 0 bridgehead atoms. The summed E-state index contributed by atoms with van der Waals surface area (Å²) in [4.78, 5) is 2.51. The first kappa shape index (κ1) is 19.9. The fraction of sp³-hybridized carbons (Fsp3) is 0.438. The third kappa shape index (κ3) is 5.68. The Kier molecular flexibility index (Phi) is 10.1. The summed E-state index contributed by atoms with van der Waals surface area (Å²) in [6.07, 6.45) is 4.05. The molecule has 0 aromatic heterocycles. The number of nitrogens with one attached hydrogen (secondary N) is 1. The van der Waals surface area contributed by atoms with Crippen molar-refractivity contribution in [1.29, 1.82) is 5.26 Å². The average Bonchev–Trinajstić information content (AvgIpc) is 2.49. The van der Waals surface area contributed by atoms with Crippen LogP contribution in [-0.2, 0) is 0 Å². The van der Waals surface area contributed by atoms with E-state index in [1.807, 2.05) is 24.3 Å². The van der Waals surface area contributed by atoms with Crippen molar-refractivity contribution in [2.24, 2.45) is 0 Å². The second-order valence-corrected chi connectivity index (χ2v) is 4.91. The first-order chi connectivity index (χ1) is 9.35. The van der Waals surface area contributed by atoms with Crippen LogP contribution in [0.1, 0.15) is 30.0 Å². The van der Waals surface area contributed by atoms with Gasteiger partial charge in [-0.3, -0.25) is 4.90 Å². The van der Waals surface area contributed by atoms with Crippen molar-refractivity contribution in [3.05, 3.63) is 48.0 Å². The molecule has 1 fully saturated rings. The molecule has 0 radical (unpaired) electrons. The van der Waals surface area contributed by atoms with Crippen LogP contribution in [0, 0.1) is 11.3 Å². The molecule has 1 atom stereocenters. The van der Waals surface area contributed by atoms with Crippen LogP contribution in [0.4, 0.5) is 0 Å². The highest BCUT2D eigenvalue weighted by Crippen LogP contribution is 2.26. The number of benzene rings is 1. The number of nitrogens with zero attached hydrogens (tertiary/aromatic N) is 2. The van der Waals surface area contributed by atoms with Gasteiger partial charge >= 0.3 is 0 Å². The summed E-state index contributed by atoms with van der Waals surface area (Å²) in [6, 6.07) is 10.6. The van der Waals surface area contributed by atoms with Gasteiger partial charge in [0.05, 0.1) is 11.6 Å². The van der Waals surface area contributed by atoms with E-state index < -0.39 is 0 Å². The quantitative estimate of drug-likeness (QED) is 0.843. The van der Waals surface area contributed by atoms with Gasteiger partial charge in [-0.2, -0.15) is 5.26 Å². The van der Waals surface area contributed by atoms with Crippen molar-refractivity contribution in [2.45, 2.75) is 18.9 Å². The van der Waals surface area contributed by atoms with E-state index in [1.165, 1.54) is 5.56 Å². The van der Waals surface area contributed by atoms with Crippen molar-refractivity contribution in [3.63, 3.8) is 0 Å². The van der Waals surface area contributed by atoms with Gasteiger partial charge < -0.3 is 5.32 Å². The summed E-state index contributed by atoms with van der Waals surface area (Å²) in [5.41, 5.74) is 2.00. The molecule has 0 amide bonds. The fourth-order valence-corrected chi connectivity index (χ4v) is 2.65. The van der Waals surface area contributed by atoms with Crippen LogP contribution in [0.3, 0.4) is 0 Å². The predicted molar refractivity (Wildman–Crippen MR) is 92.3 cm³/mol. The van der Waals surface area contributed by atoms with E-state index >= 15 is 0 Å². The van der Waals surface area contributed by atoms with Gasteiger partial charge in [0, 0.05) is 32.2 Å². The molecule has 1 heterocycles. The maximum absolute atomic E-state index is 9.04. The molecule has 1 aliphatic heterocycles. The third-order valence-electron chi connectivity index (χ3n) is 3.64. The van der Waals surface area contributed by atoms with E-state index in [9.17, 15) is 0 Å². The predicted octanol–water partition coefficient (Wildman–Crippen LogP) is 3.31. The molecular formula is C16H23Cl2N3. The maximum atomic E-state index is 9.04. The highest BCUT2D eigenvalue weighted by molar-refractivity contribution is 5.85. The maximum Gasteiger partial charge on any atom is 0.0991 e. The van der Waals surface area contributed by atoms with E-state index in [4.69, 9.17) is 5.26 Å². The standard InChI is InChI=1S/C16H21N3.2ClH/c1-2-3-7-16(19-10-8-18-9-11-19)15-6-4-5-14(12-15)13-17;;/h2,4-6,12,16,18H,1,3,7-11H2;2*1H/t16-;;/m1../s1. The molecule has 1 aromatic carbocycles. The van der Waals surface area contributed by atoms with E-state index in [2.05, 4.69) is 28.9 Å². The minimum absolute atomic E-state index is 0. The molecule has 0 aliphatic carbocycles. The van der Waals surface area contributed by atoms with Gasteiger partial charge in [-0.05, 0) is 30.5 Å². The molecule has 0 saturated carbocycles. The van der Waals surface area contributed by atoms with Gasteiger partial charge in [0.2, 0.25) is 0 Å². The Balaban J connectivity index is 0.00000200. The summed E-state index contributed by atoms with van der Waals surface area (Å²) in [6.45, 7) is 8.05. The van der Waals surface area contributed by atoms with E-state index in [1.54, 1.807) is 0 Å². The van der Waals surface area contributed by atoms with E-state index in [0.717, 1.165) is 44.6 Å². The smallest absolute Gasteiger partial charge is 0.0991 e. The van der Waals surface area contributed by atoms with Crippen molar-refractivity contribution in [3.8, 4) is 6.07 Å². The molecule has 1 saturated heterocycles. The SMILES string of the molecule is C=CCC[C@H](c1cccc(C#N)c1)N1CCNCC1.Cl.Cl. The molecule has 1 aromatic rings. The third-order valence-corrected chi connectivity index (χ3v) is 3.64. The summed E-state index contributed by atoms with van der Waals surface area (Å²) in [7, 11) is 0. The van der Waals surface area contributed by atoms with Crippen LogP contribution in [0.25, 0.3) is 0 Å². The van der Waals surface area contributed by atoms with E-state index in [-0.39, 0.29) is 24.8 Å². The number of halogens is 2. The molecule has 116 valence electrons. The summed E-state index contributed by atoms with van der Waals surface area (Å²) in [5, 5.41) is 12.4. The highest BCUT2D eigenvalue weighted by atomic mass is 35.5. The second kappa shape index (κ2) is 10.6. The zero-order chi connectivity index (χ0) is 13.5. The molecule has 2 rings (SSSR count). The lowest BCUT2D eigenvalue weighted by atomic mass is 9.98. The van der Waals surface area contributed by atoms with E-state index in [0.29, 0.717) is 6.04 Å². The monoisotopic (exact) mass is 327 g/mol. The lowest BCUT2D eigenvalue weighted by molar-refractivity contribution is 0.166. The van der Waals surface area contributed by atoms with Gasteiger partial charge in [-0.1, -0.05) is 18.2 Å². The molecule has 21 heavy (non-hydrogen) atoms. The van der Waals surface area contributed by atoms with Crippen LogP contribution in [0.15, 0.2) is 36.9 Å². The molecule has 0 spiro atoms. The minimum atomic E-state index is 0. The first-order valence-electron chi connectivity index (χ1n) is 6.91. The molecule has 1 N–H and O–H groups in total. The Morgan fingerprint density at radius 2 is 2.05 bits per heavy atom. The minimum Gasteiger partial charge on any atom is -0.314 e. The van der Waals surface area contributed by atoms with Crippen LogP contribution in [0.5, 0.6) is 0 Å². The normalized spacial score (nSPS) is 16.0. The van der Waals surface area contributed by atoms with Gasteiger partial charge in [-0.25, -0.2) is 0 Å². The molecule has 5 heteroatoms. The van der Waals surface area contributed by atoms with Crippen molar-refractivity contribution >= 4 is 24.8 Å². The zero-order valence-corrected chi connectivity index (χ0v) is 13.8. The Hall–Kier alpha value is -1.05. The fourth-order valence-electron chi connectivity index (χ4n) is 2.65. The highest BCUT2D eigenvalue weighted by Gasteiger charge is 2.21. The number of piperazine rings is 1. The van der Waals surface area contributed by atoms with Gasteiger partial charge in [0.1, 0.15) is 0 Å². The Morgan fingerprint density at radius 3 is 2.67 bits per heavy atom. The molecule has 0 unspecified atom stereocenters. The summed E-state index contributed by atoms with van der Waals surface area (Å²) < 4.78 is 0. The molecule has 3 nitrogen and oxygen atoms in total. The van der Waals surface area contributed by atoms with Gasteiger partial charge in [0.15, 0.2) is 0 Å². The number of allylic oxidation sites excluding steroid dienone is 1. The van der Waals surface area contributed by atoms with Crippen LogP contribution >= 0.6 is 24.8 Å². The average molecular weight is 328 g/mol. The van der Waals surface area contributed by atoms with Crippen molar-refractivity contribution < 1.29 is 0 Å². The summed E-state index contributed by atoms with van der Waals surface area (Å²) in [5.74, 6) is 0. The topological polar surface area (TPSA) is 39.1 Å². The zero-order valence-electron chi connectivity index (χ0n) is 12.1. The lowest BCUT2D eigenvalue weighted by Crippen LogP contribution is -2.45. The number of hydrogen-bond donors (Lipinski definition) is 1. The largest absolute Gasteiger partial charge is 0.314 e. The number of nitriles is 1.